The number of hydrogen-bond acceptors (Lipinski definition) is 13. The molecule has 300 valence electrons. The first-order chi connectivity index (χ1) is 23.4. The molecule has 3 saturated heterocycles. The maximum absolute atomic E-state index is 14.2. The summed E-state index contributed by atoms with van der Waals surface area (Å²) in [6, 6.07) is -0.780. The second-order valence-corrected chi connectivity index (χ2v) is 17.3. The van der Waals surface area contributed by atoms with Gasteiger partial charge in [-0.05, 0) is 101 Å². The number of likely N-dealkylation sites (N-methyl/N-ethyl adjacent to an activating group) is 2. The highest BCUT2D eigenvalue weighted by atomic mass is 16.7. The molecule has 13 heteroatoms. The minimum Gasteiger partial charge on any atom is -0.459 e. The van der Waals surface area contributed by atoms with Gasteiger partial charge in [0.05, 0.1) is 41.5 Å². The van der Waals surface area contributed by atoms with Crippen LogP contribution in [0.5, 0.6) is 0 Å². The van der Waals surface area contributed by atoms with Crippen molar-refractivity contribution >= 4 is 5.97 Å². The van der Waals surface area contributed by atoms with Crippen molar-refractivity contribution in [1.29, 1.82) is 0 Å². The molecule has 3 aliphatic rings. The van der Waals surface area contributed by atoms with E-state index in [1.165, 1.54) is 6.92 Å². The molecule has 0 aromatic rings. The summed E-state index contributed by atoms with van der Waals surface area (Å²) in [4.78, 5) is 18.0. The molecule has 0 aromatic heterocycles. The van der Waals surface area contributed by atoms with E-state index in [1.54, 1.807) is 34.6 Å². The van der Waals surface area contributed by atoms with Crippen LogP contribution in [0, 0.1) is 23.7 Å². The largest absolute Gasteiger partial charge is 0.459 e. The van der Waals surface area contributed by atoms with Crippen molar-refractivity contribution < 1.29 is 54.0 Å². The third kappa shape index (κ3) is 10.0. The lowest BCUT2D eigenvalue weighted by Gasteiger charge is -2.48. The predicted octanol–water partition coefficient (Wildman–Crippen LogP) is 2.52. The first kappa shape index (κ1) is 44.4. The van der Waals surface area contributed by atoms with Gasteiger partial charge in [-0.25, -0.2) is 0 Å². The van der Waals surface area contributed by atoms with Crippen LogP contribution >= 0.6 is 0 Å². The zero-order valence-corrected chi connectivity index (χ0v) is 33.8. The summed E-state index contributed by atoms with van der Waals surface area (Å²) in [5.74, 6) is -2.65. The Morgan fingerprint density at radius 3 is 2.08 bits per heavy atom. The lowest BCUT2D eigenvalue weighted by Crippen LogP contribution is -2.60. The number of esters is 1. The molecule has 0 spiro atoms. The van der Waals surface area contributed by atoms with E-state index in [4.69, 9.17) is 23.7 Å². The Morgan fingerprint density at radius 1 is 0.922 bits per heavy atom. The van der Waals surface area contributed by atoms with Gasteiger partial charge in [-0.1, -0.05) is 27.7 Å². The third-order valence-electron chi connectivity index (χ3n) is 12.5. The van der Waals surface area contributed by atoms with Crippen LogP contribution in [0.2, 0.25) is 0 Å². The van der Waals surface area contributed by atoms with Gasteiger partial charge in [0, 0.05) is 31.0 Å². The van der Waals surface area contributed by atoms with Crippen LogP contribution in [-0.4, -0.2) is 153 Å². The highest BCUT2D eigenvalue weighted by Crippen LogP contribution is 2.40. The van der Waals surface area contributed by atoms with E-state index in [0.717, 1.165) is 0 Å². The number of rotatable bonds is 6. The van der Waals surface area contributed by atoms with Crippen molar-refractivity contribution in [3.05, 3.63) is 0 Å². The van der Waals surface area contributed by atoms with Crippen molar-refractivity contribution in [2.24, 2.45) is 23.7 Å². The summed E-state index contributed by atoms with van der Waals surface area (Å²) in [7, 11) is 5.63. The normalized spacial score (nSPS) is 50.4. The molecule has 5 N–H and O–H groups in total. The Hall–Kier alpha value is -0.970. The van der Waals surface area contributed by atoms with Crippen molar-refractivity contribution in [2.75, 3.05) is 27.7 Å². The minimum absolute atomic E-state index is 0.124. The standard InChI is InChI=1S/C38H72N2O11/c1-15-28-38(11,46)32(42)25(7)40(14)19-20(2)18-36(9,44)33(51-35-30(41)27(39(12)13)17-22(4)47-35)23(5)31(24(6)34(43)49-28)50-29-16-21(3)37(10,45)26(8)48-29/h20-33,35,41-42,44-46H,15-19H2,1-14H3/t20-,21-,22-,23+,24-,25-,26+,27+,28-,29+,30-,31+,32-,33-,35+,36-,37-,38-/m1/s1. The molecule has 0 bridgehead atoms. The Balaban J connectivity index is 2.15. The van der Waals surface area contributed by atoms with Crippen LogP contribution in [0.4, 0.5) is 0 Å². The van der Waals surface area contributed by atoms with E-state index in [-0.39, 0.29) is 36.8 Å². The Morgan fingerprint density at radius 2 is 1.53 bits per heavy atom. The van der Waals surface area contributed by atoms with Crippen molar-refractivity contribution in [3.8, 4) is 0 Å². The second kappa shape index (κ2) is 17.2. The number of aliphatic hydroxyl groups is 5. The first-order valence-electron chi connectivity index (χ1n) is 19.1. The summed E-state index contributed by atoms with van der Waals surface area (Å²) < 4.78 is 31.9. The summed E-state index contributed by atoms with van der Waals surface area (Å²) in [6.45, 7) is 20.1. The third-order valence-corrected chi connectivity index (χ3v) is 12.5. The molecular weight excluding hydrogens is 660 g/mol. The lowest BCUT2D eigenvalue weighted by molar-refractivity contribution is -0.314. The van der Waals surface area contributed by atoms with Gasteiger partial charge in [0.15, 0.2) is 12.6 Å². The van der Waals surface area contributed by atoms with Crippen LogP contribution in [0.1, 0.15) is 102 Å². The molecule has 3 heterocycles. The Kier molecular flexibility index (Phi) is 15.0. The van der Waals surface area contributed by atoms with Crippen LogP contribution in [0.25, 0.3) is 0 Å². The number of hydrogen-bond donors (Lipinski definition) is 5. The van der Waals surface area contributed by atoms with E-state index in [9.17, 15) is 30.3 Å². The Labute approximate surface area is 306 Å². The summed E-state index contributed by atoms with van der Waals surface area (Å²) in [5, 5.41) is 58.2. The molecular formula is C38H72N2O11. The smallest absolute Gasteiger partial charge is 0.311 e. The maximum atomic E-state index is 14.2. The average molecular weight is 733 g/mol. The van der Waals surface area contributed by atoms with Gasteiger partial charge in [0.25, 0.3) is 0 Å². The van der Waals surface area contributed by atoms with Crippen LogP contribution < -0.4 is 0 Å². The molecule has 0 amide bonds. The molecule has 0 aliphatic carbocycles. The van der Waals surface area contributed by atoms with Gasteiger partial charge in [-0.2, -0.15) is 0 Å². The van der Waals surface area contributed by atoms with Crippen LogP contribution in [0.15, 0.2) is 0 Å². The van der Waals surface area contributed by atoms with Gasteiger partial charge in [-0.15, -0.1) is 0 Å². The fourth-order valence-corrected chi connectivity index (χ4v) is 8.58. The zero-order valence-electron chi connectivity index (χ0n) is 33.8. The Bertz CT molecular complexity index is 1110. The fraction of sp³-hybridized carbons (Fsp3) is 0.974. The van der Waals surface area contributed by atoms with E-state index in [1.807, 2.05) is 65.6 Å². The molecule has 18 atom stereocenters. The quantitative estimate of drug-likeness (QED) is 0.253. The van der Waals surface area contributed by atoms with Crippen molar-refractivity contribution in [1.82, 2.24) is 9.80 Å². The second-order valence-electron chi connectivity index (χ2n) is 17.3. The van der Waals surface area contributed by atoms with E-state index < -0.39 is 89.9 Å². The van der Waals surface area contributed by atoms with Gasteiger partial charge in [-0.3, -0.25) is 4.79 Å². The van der Waals surface area contributed by atoms with Crippen molar-refractivity contribution in [2.45, 2.75) is 186 Å². The fourth-order valence-electron chi connectivity index (χ4n) is 8.58. The average Bonchev–Trinajstić information content (AvgIpc) is 3.02. The molecule has 0 unspecified atom stereocenters. The summed E-state index contributed by atoms with van der Waals surface area (Å²) >= 11 is 0. The van der Waals surface area contributed by atoms with Gasteiger partial charge in [0.1, 0.15) is 23.9 Å². The van der Waals surface area contributed by atoms with Gasteiger partial charge in [0.2, 0.25) is 0 Å². The van der Waals surface area contributed by atoms with Gasteiger partial charge >= 0.3 is 5.97 Å². The molecule has 3 rings (SSSR count). The van der Waals surface area contributed by atoms with E-state index >= 15 is 0 Å². The molecule has 3 fully saturated rings. The number of cyclic esters (lactones) is 1. The number of nitrogens with zero attached hydrogens (tertiary/aromatic N) is 2. The summed E-state index contributed by atoms with van der Waals surface area (Å²) in [6.07, 6.45) is -6.57. The van der Waals surface area contributed by atoms with Crippen LogP contribution in [-0.2, 0) is 28.5 Å². The highest BCUT2D eigenvalue weighted by Gasteiger charge is 2.52. The van der Waals surface area contributed by atoms with Crippen LogP contribution in [0.3, 0.4) is 0 Å². The predicted molar refractivity (Wildman–Crippen MR) is 193 cm³/mol. The van der Waals surface area contributed by atoms with E-state index in [0.29, 0.717) is 19.4 Å². The number of carbonyl (C=O) groups excluding carboxylic acids is 1. The van der Waals surface area contributed by atoms with Gasteiger partial charge < -0.3 is 59.0 Å². The van der Waals surface area contributed by atoms with Crippen molar-refractivity contribution in [3.63, 3.8) is 0 Å². The number of carbonyl (C=O) groups is 1. The topological polar surface area (TPSA) is 171 Å². The molecule has 3 aliphatic heterocycles. The molecule has 0 radical (unpaired) electrons. The highest BCUT2D eigenvalue weighted by molar-refractivity contribution is 5.73. The molecule has 51 heavy (non-hydrogen) atoms. The SMILES string of the molecule is CC[C@H]1OC(=O)[C@H](C)[C@@H](O[C@H]2C[C@@H](C)[C@@](C)(O)[C@H](C)O2)[C@H](C)[C@@H](O[C@@H]2O[C@H](C)C[C@H](N(C)C)[C@H]2O)[C@](C)(O)C[C@@H](C)CN(C)[C@H](C)[C@@H](O)[C@]1(C)O. The molecule has 13 nitrogen and oxygen atoms in total. The number of ether oxygens (including phenoxy) is 5. The first-order valence-corrected chi connectivity index (χ1v) is 19.1. The number of aliphatic hydroxyl groups excluding tert-OH is 2. The monoisotopic (exact) mass is 733 g/mol. The molecule has 0 saturated carbocycles. The maximum Gasteiger partial charge on any atom is 0.311 e. The lowest BCUT2D eigenvalue weighted by atomic mass is 9.77. The zero-order chi connectivity index (χ0) is 39.0. The van der Waals surface area contributed by atoms with E-state index in [2.05, 4.69) is 0 Å². The minimum atomic E-state index is -1.78. The summed E-state index contributed by atoms with van der Waals surface area (Å²) in [5.41, 5.74) is -4.40. The molecule has 0 aromatic carbocycles.